The van der Waals surface area contributed by atoms with Gasteiger partial charge in [-0.3, -0.25) is 4.98 Å². The first-order valence-corrected chi connectivity index (χ1v) is 6.37. The minimum atomic E-state index is 0.758. The van der Waals surface area contributed by atoms with Gasteiger partial charge in [0.1, 0.15) is 11.3 Å². The molecule has 2 aromatic heterocycles. The van der Waals surface area contributed by atoms with Crippen molar-refractivity contribution in [3.63, 3.8) is 0 Å². The Kier molecular flexibility index (Phi) is 2.71. The van der Waals surface area contributed by atoms with Crippen LogP contribution >= 0.6 is 0 Å². The van der Waals surface area contributed by atoms with Crippen LogP contribution in [0.3, 0.4) is 0 Å². The van der Waals surface area contributed by atoms with E-state index in [1.807, 2.05) is 24.3 Å². The second-order valence-electron chi connectivity index (χ2n) is 4.62. The van der Waals surface area contributed by atoms with E-state index in [-0.39, 0.29) is 0 Å². The highest BCUT2D eigenvalue weighted by Gasteiger charge is 2.13. The van der Waals surface area contributed by atoms with E-state index >= 15 is 0 Å². The lowest BCUT2D eigenvalue weighted by Gasteiger charge is -2.09. The van der Waals surface area contributed by atoms with Crippen molar-refractivity contribution >= 4 is 16.7 Å². The standard InChI is InChI=1S/C15H16N4/c1-3-19-14-6-7-17-9-13(14)18-15(19)12-8-11(16)5-4-10(12)2/h4-9H,3,16H2,1-2H3. The Morgan fingerprint density at radius 1 is 1.26 bits per heavy atom. The molecule has 0 fully saturated rings. The second kappa shape index (κ2) is 4.39. The second-order valence-corrected chi connectivity index (χ2v) is 4.62. The van der Waals surface area contributed by atoms with Crippen LogP contribution in [0.2, 0.25) is 0 Å². The average Bonchev–Trinajstić information content (AvgIpc) is 2.79. The number of nitrogen functional groups attached to an aromatic ring is 1. The van der Waals surface area contributed by atoms with E-state index in [1.54, 1.807) is 12.4 Å². The number of imidazole rings is 1. The molecule has 0 amide bonds. The van der Waals surface area contributed by atoms with Gasteiger partial charge in [-0.2, -0.15) is 0 Å². The van der Waals surface area contributed by atoms with E-state index in [2.05, 4.69) is 23.4 Å². The van der Waals surface area contributed by atoms with Gasteiger partial charge in [0.25, 0.3) is 0 Å². The van der Waals surface area contributed by atoms with Crippen molar-refractivity contribution in [1.29, 1.82) is 0 Å². The lowest BCUT2D eigenvalue weighted by atomic mass is 10.1. The molecule has 2 heterocycles. The van der Waals surface area contributed by atoms with Gasteiger partial charge in [-0.15, -0.1) is 0 Å². The topological polar surface area (TPSA) is 56.7 Å². The van der Waals surface area contributed by atoms with Crippen molar-refractivity contribution in [3.8, 4) is 11.4 Å². The van der Waals surface area contributed by atoms with E-state index in [1.165, 1.54) is 5.56 Å². The van der Waals surface area contributed by atoms with Crippen molar-refractivity contribution in [3.05, 3.63) is 42.2 Å². The molecule has 0 aliphatic carbocycles. The quantitative estimate of drug-likeness (QED) is 0.713. The minimum absolute atomic E-state index is 0.758. The summed E-state index contributed by atoms with van der Waals surface area (Å²) in [5, 5.41) is 0. The number of rotatable bonds is 2. The van der Waals surface area contributed by atoms with Gasteiger partial charge in [-0.25, -0.2) is 4.98 Å². The number of fused-ring (bicyclic) bond motifs is 1. The Balaban J connectivity index is 2.33. The van der Waals surface area contributed by atoms with Crippen LogP contribution in [-0.2, 0) is 6.54 Å². The molecule has 0 saturated carbocycles. The third kappa shape index (κ3) is 1.85. The minimum Gasteiger partial charge on any atom is -0.399 e. The molecule has 0 saturated heterocycles. The molecule has 3 aromatic rings. The number of hydrogen-bond acceptors (Lipinski definition) is 3. The van der Waals surface area contributed by atoms with Gasteiger partial charge in [0.2, 0.25) is 0 Å². The van der Waals surface area contributed by atoms with E-state index in [9.17, 15) is 0 Å². The summed E-state index contributed by atoms with van der Waals surface area (Å²) in [6.45, 7) is 5.06. The number of nitrogens with zero attached hydrogens (tertiary/aromatic N) is 3. The van der Waals surface area contributed by atoms with Crippen molar-refractivity contribution in [1.82, 2.24) is 14.5 Å². The fraction of sp³-hybridized carbons (Fsp3) is 0.200. The Morgan fingerprint density at radius 2 is 2.11 bits per heavy atom. The van der Waals surface area contributed by atoms with E-state index in [0.717, 1.165) is 34.7 Å². The molecule has 0 radical (unpaired) electrons. The number of nitrogens with two attached hydrogens (primary N) is 1. The monoisotopic (exact) mass is 252 g/mol. The van der Waals surface area contributed by atoms with Crippen LogP contribution < -0.4 is 5.73 Å². The van der Waals surface area contributed by atoms with Gasteiger partial charge >= 0.3 is 0 Å². The van der Waals surface area contributed by atoms with Crippen LogP contribution in [0.4, 0.5) is 5.69 Å². The third-order valence-electron chi connectivity index (χ3n) is 3.37. The summed E-state index contributed by atoms with van der Waals surface area (Å²) in [5.74, 6) is 0.954. The van der Waals surface area contributed by atoms with Crippen LogP contribution in [0.25, 0.3) is 22.4 Å². The maximum atomic E-state index is 5.90. The van der Waals surface area contributed by atoms with E-state index in [4.69, 9.17) is 10.7 Å². The van der Waals surface area contributed by atoms with Crippen LogP contribution in [-0.4, -0.2) is 14.5 Å². The molecule has 0 atom stereocenters. The molecule has 0 aliphatic rings. The molecule has 3 rings (SSSR count). The lowest BCUT2D eigenvalue weighted by molar-refractivity contribution is 0.795. The van der Waals surface area contributed by atoms with Gasteiger partial charge in [0.15, 0.2) is 0 Å². The first kappa shape index (κ1) is 11.7. The maximum Gasteiger partial charge on any atom is 0.141 e. The maximum absolute atomic E-state index is 5.90. The van der Waals surface area contributed by atoms with E-state index in [0.29, 0.717) is 0 Å². The number of hydrogen-bond donors (Lipinski definition) is 1. The summed E-state index contributed by atoms with van der Waals surface area (Å²) in [5.41, 5.74) is 10.9. The molecule has 0 spiro atoms. The number of aromatic nitrogens is 3. The molecule has 4 nitrogen and oxygen atoms in total. The fourth-order valence-electron chi connectivity index (χ4n) is 2.39. The summed E-state index contributed by atoms with van der Waals surface area (Å²) < 4.78 is 2.19. The number of pyridine rings is 1. The summed E-state index contributed by atoms with van der Waals surface area (Å²) in [6.07, 6.45) is 3.60. The molecule has 0 unspecified atom stereocenters. The Bertz CT molecular complexity index is 743. The smallest absolute Gasteiger partial charge is 0.141 e. The molecular weight excluding hydrogens is 236 g/mol. The number of aryl methyl sites for hydroxylation is 2. The number of anilines is 1. The van der Waals surface area contributed by atoms with Crippen LogP contribution in [0.5, 0.6) is 0 Å². The van der Waals surface area contributed by atoms with E-state index < -0.39 is 0 Å². The lowest BCUT2D eigenvalue weighted by Crippen LogP contribution is -1.99. The first-order chi connectivity index (χ1) is 9.20. The van der Waals surface area contributed by atoms with Crippen molar-refractivity contribution in [2.75, 3.05) is 5.73 Å². The Hall–Kier alpha value is -2.36. The van der Waals surface area contributed by atoms with Crippen LogP contribution in [0.1, 0.15) is 12.5 Å². The highest BCUT2D eigenvalue weighted by atomic mass is 15.1. The van der Waals surface area contributed by atoms with Crippen LogP contribution in [0.15, 0.2) is 36.7 Å². The highest BCUT2D eigenvalue weighted by molar-refractivity contribution is 5.81. The van der Waals surface area contributed by atoms with Gasteiger partial charge in [-0.1, -0.05) is 6.07 Å². The van der Waals surface area contributed by atoms with Crippen molar-refractivity contribution in [2.45, 2.75) is 20.4 Å². The summed E-state index contributed by atoms with van der Waals surface area (Å²) in [6, 6.07) is 7.93. The molecular formula is C15H16N4. The summed E-state index contributed by atoms with van der Waals surface area (Å²) in [7, 11) is 0. The molecule has 0 aliphatic heterocycles. The molecule has 19 heavy (non-hydrogen) atoms. The van der Waals surface area contributed by atoms with Crippen molar-refractivity contribution < 1.29 is 0 Å². The molecule has 0 bridgehead atoms. The summed E-state index contributed by atoms with van der Waals surface area (Å²) >= 11 is 0. The molecule has 4 heteroatoms. The highest BCUT2D eigenvalue weighted by Crippen LogP contribution is 2.28. The molecule has 2 N–H and O–H groups in total. The molecule has 96 valence electrons. The Labute approximate surface area is 111 Å². The zero-order chi connectivity index (χ0) is 13.4. The predicted octanol–water partition coefficient (Wildman–Crippen LogP) is 3.01. The average molecular weight is 252 g/mol. The van der Waals surface area contributed by atoms with Gasteiger partial charge < -0.3 is 10.3 Å². The number of benzene rings is 1. The normalized spacial score (nSPS) is 11.1. The van der Waals surface area contributed by atoms with Gasteiger partial charge in [0, 0.05) is 24.0 Å². The fourth-order valence-corrected chi connectivity index (χ4v) is 2.39. The van der Waals surface area contributed by atoms with Gasteiger partial charge in [-0.05, 0) is 37.6 Å². The zero-order valence-electron chi connectivity index (χ0n) is 11.1. The molecule has 1 aromatic carbocycles. The van der Waals surface area contributed by atoms with Gasteiger partial charge in [0.05, 0.1) is 11.7 Å². The SMILES string of the molecule is CCn1c(-c2cc(N)ccc2C)nc2cnccc21. The van der Waals surface area contributed by atoms with Crippen molar-refractivity contribution in [2.24, 2.45) is 0 Å². The third-order valence-corrected chi connectivity index (χ3v) is 3.37. The van der Waals surface area contributed by atoms with Crippen LogP contribution in [0, 0.1) is 6.92 Å². The largest absolute Gasteiger partial charge is 0.399 e. The predicted molar refractivity (Wildman–Crippen MR) is 77.8 cm³/mol. The zero-order valence-corrected chi connectivity index (χ0v) is 11.1. The first-order valence-electron chi connectivity index (χ1n) is 6.37. The summed E-state index contributed by atoms with van der Waals surface area (Å²) in [4.78, 5) is 8.84. The Morgan fingerprint density at radius 3 is 2.89 bits per heavy atom.